The number of hydrogen-bond acceptors (Lipinski definition) is 4. The predicted molar refractivity (Wildman–Crippen MR) is 134 cm³/mol. The van der Waals surface area contributed by atoms with Crippen molar-refractivity contribution < 1.29 is 14.3 Å². The van der Waals surface area contributed by atoms with Gasteiger partial charge in [0.2, 0.25) is 5.91 Å². The van der Waals surface area contributed by atoms with Gasteiger partial charge in [-0.25, -0.2) is 9.78 Å². The third-order valence-corrected chi connectivity index (χ3v) is 9.04. The Balaban J connectivity index is 1.31. The first-order chi connectivity index (χ1) is 16.9. The van der Waals surface area contributed by atoms with Gasteiger partial charge in [0, 0.05) is 23.9 Å². The number of aromatic amines is 1. The molecule has 0 radical (unpaired) electrons. The zero-order chi connectivity index (χ0) is 24.6. The lowest BCUT2D eigenvalue weighted by Crippen LogP contribution is -2.51. The second-order valence-electron chi connectivity index (χ2n) is 11.2. The Hall–Kier alpha value is -2.83. The molecule has 0 unspecified atom stereocenters. The molecule has 2 bridgehead atoms. The molecule has 1 aliphatic heterocycles. The molecule has 188 valence electrons. The average molecular weight is 479 g/mol. The maximum absolute atomic E-state index is 13.4. The summed E-state index contributed by atoms with van der Waals surface area (Å²) in [5.41, 5.74) is 3.24. The maximum atomic E-state index is 13.4. The summed E-state index contributed by atoms with van der Waals surface area (Å²) < 4.78 is 4.75. The summed E-state index contributed by atoms with van der Waals surface area (Å²) in [6, 6.07) is 10.4. The molecular weight excluding hydrogens is 440 g/mol. The minimum atomic E-state index is -0.612. The second-order valence-corrected chi connectivity index (χ2v) is 11.2. The van der Waals surface area contributed by atoms with E-state index in [0.717, 1.165) is 18.7 Å². The van der Waals surface area contributed by atoms with Gasteiger partial charge in [-0.2, -0.15) is 0 Å². The molecular formula is C28H38N4O3. The number of nitrogens with one attached hydrogen (secondary N) is 2. The van der Waals surface area contributed by atoms with Gasteiger partial charge in [-0.1, -0.05) is 44.2 Å². The number of hydrogen-bond donors (Lipinski definition) is 2. The summed E-state index contributed by atoms with van der Waals surface area (Å²) in [5.74, 6) is 0.779. The van der Waals surface area contributed by atoms with E-state index in [1.165, 1.54) is 56.9 Å². The number of carbonyl (C=O) groups excluding carboxylic acids is 2. The molecule has 7 nitrogen and oxygen atoms in total. The Morgan fingerprint density at radius 2 is 1.74 bits per heavy atom. The molecule has 2 N–H and O–H groups in total. The van der Waals surface area contributed by atoms with E-state index in [9.17, 15) is 9.59 Å². The molecule has 6 rings (SSSR count). The third-order valence-electron chi connectivity index (χ3n) is 9.04. The van der Waals surface area contributed by atoms with Crippen LogP contribution in [0.1, 0.15) is 88.3 Å². The van der Waals surface area contributed by atoms with E-state index in [1.54, 1.807) is 0 Å². The highest BCUT2D eigenvalue weighted by molar-refractivity contribution is 5.86. The Morgan fingerprint density at radius 3 is 2.37 bits per heavy atom. The van der Waals surface area contributed by atoms with Gasteiger partial charge in [0.05, 0.1) is 13.2 Å². The molecule has 1 aromatic heterocycles. The van der Waals surface area contributed by atoms with Crippen LogP contribution in [0.15, 0.2) is 36.5 Å². The fourth-order valence-corrected chi connectivity index (χ4v) is 6.78. The number of amides is 2. The van der Waals surface area contributed by atoms with Crippen molar-refractivity contribution in [2.75, 3.05) is 13.7 Å². The van der Waals surface area contributed by atoms with Crippen LogP contribution in [0, 0.1) is 5.92 Å². The van der Waals surface area contributed by atoms with Gasteiger partial charge in [-0.15, -0.1) is 0 Å². The number of alkyl carbamates (subject to hydrolysis) is 1. The minimum Gasteiger partial charge on any atom is -0.453 e. The van der Waals surface area contributed by atoms with Crippen LogP contribution in [0.25, 0.3) is 0 Å². The number of carbonyl (C=O) groups is 2. The fraction of sp³-hybridized carbons (Fsp3) is 0.607. The number of fused-ring (bicyclic) bond motifs is 3. The molecule has 3 saturated carbocycles. The van der Waals surface area contributed by atoms with Crippen molar-refractivity contribution in [1.29, 1.82) is 0 Å². The molecule has 2 heterocycles. The standard InChI is InChI=1S/C28H38N4O3/c1-19(2)23(31-26(34)35-3)25(33)32-17-7-10-21(32)24-29-18-22(30-24)28-14-11-27(12-15-28,13-16-28)20-8-5-4-6-9-20/h4-6,8-9,18-19,21,23H,7,10-17H2,1-3H3,(H,29,30)(H,31,34)/t21-,23-,27?,28?/m0/s1. The largest absolute Gasteiger partial charge is 0.453 e. The smallest absolute Gasteiger partial charge is 0.407 e. The maximum Gasteiger partial charge on any atom is 0.407 e. The quantitative estimate of drug-likeness (QED) is 0.612. The van der Waals surface area contributed by atoms with E-state index >= 15 is 0 Å². The van der Waals surface area contributed by atoms with E-state index in [0.29, 0.717) is 12.0 Å². The van der Waals surface area contributed by atoms with E-state index in [4.69, 9.17) is 9.72 Å². The molecule has 0 spiro atoms. The summed E-state index contributed by atoms with van der Waals surface area (Å²) in [6.45, 7) is 4.56. The molecule has 1 saturated heterocycles. The number of imidazole rings is 1. The normalized spacial score (nSPS) is 28.8. The van der Waals surface area contributed by atoms with Gasteiger partial charge in [0.15, 0.2) is 0 Å². The van der Waals surface area contributed by atoms with Crippen LogP contribution < -0.4 is 5.32 Å². The summed E-state index contributed by atoms with van der Waals surface area (Å²) in [6.07, 6.45) is 10.4. The highest BCUT2D eigenvalue weighted by Gasteiger charge is 2.51. The molecule has 35 heavy (non-hydrogen) atoms. The molecule has 1 aromatic carbocycles. The number of ether oxygens (including phenoxy) is 1. The lowest BCUT2D eigenvalue weighted by atomic mass is 9.51. The molecule has 4 fully saturated rings. The third kappa shape index (κ3) is 4.23. The molecule has 7 heteroatoms. The van der Waals surface area contributed by atoms with Crippen molar-refractivity contribution in [2.24, 2.45) is 5.92 Å². The number of methoxy groups -OCH3 is 1. The van der Waals surface area contributed by atoms with Crippen LogP contribution in [-0.4, -0.2) is 46.6 Å². The van der Waals surface area contributed by atoms with Crippen molar-refractivity contribution >= 4 is 12.0 Å². The van der Waals surface area contributed by atoms with Crippen molar-refractivity contribution in [3.05, 3.63) is 53.6 Å². The minimum absolute atomic E-state index is 0.0386. The van der Waals surface area contributed by atoms with E-state index in [-0.39, 0.29) is 23.3 Å². The molecule has 2 amide bonds. The van der Waals surface area contributed by atoms with E-state index in [2.05, 4.69) is 40.6 Å². The van der Waals surface area contributed by atoms with Crippen LogP contribution in [0.3, 0.4) is 0 Å². The van der Waals surface area contributed by atoms with E-state index in [1.807, 2.05) is 24.9 Å². The van der Waals surface area contributed by atoms with Gasteiger partial charge < -0.3 is 19.9 Å². The topological polar surface area (TPSA) is 87.3 Å². The number of H-pyrrole nitrogens is 1. The summed E-state index contributed by atoms with van der Waals surface area (Å²) in [5, 5.41) is 2.73. The van der Waals surface area contributed by atoms with Crippen molar-refractivity contribution in [3.63, 3.8) is 0 Å². The van der Waals surface area contributed by atoms with Crippen molar-refractivity contribution in [2.45, 2.75) is 88.1 Å². The number of rotatable bonds is 6. The average Bonchev–Trinajstić information content (AvgIpc) is 3.58. The van der Waals surface area contributed by atoms with Gasteiger partial charge in [0.1, 0.15) is 11.9 Å². The van der Waals surface area contributed by atoms with Gasteiger partial charge >= 0.3 is 6.09 Å². The van der Waals surface area contributed by atoms with E-state index < -0.39 is 12.1 Å². The highest BCUT2D eigenvalue weighted by Crippen LogP contribution is 2.58. The van der Waals surface area contributed by atoms with Gasteiger partial charge in [-0.05, 0) is 68.3 Å². The fourth-order valence-electron chi connectivity index (χ4n) is 6.78. The zero-order valence-electron chi connectivity index (χ0n) is 21.2. The van der Waals surface area contributed by atoms with Crippen LogP contribution in [0.2, 0.25) is 0 Å². The SMILES string of the molecule is COC(=O)N[C@H](C(=O)N1CCC[C@H]1c1ncc(C23CCC(c4ccccc4)(CC2)CC3)[nH]1)C(C)C. The van der Waals surface area contributed by atoms with Crippen LogP contribution in [0.4, 0.5) is 4.79 Å². The van der Waals surface area contributed by atoms with Crippen LogP contribution in [0.5, 0.6) is 0 Å². The van der Waals surface area contributed by atoms with Crippen LogP contribution in [-0.2, 0) is 20.4 Å². The van der Waals surface area contributed by atoms with Gasteiger partial charge in [-0.3, -0.25) is 4.79 Å². The monoisotopic (exact) mass is 478 g/mol. The number of aromatic nitrogens is 2. The summed E-state index contributed by atoms with van der Waals surface area (Å²) in [4.78, 5) is 35.7. The number of nitrogens with zero attached hydrogens (tertiary/aromatic N) is 2. The molecule has 4 aliphatic rings. The number of benzene rings is 1. The molecule has 3 aliphatic carbocycles. The second kappa shape index (κ2) is 9.32. The van der Waals surface area contributed by atoms with Gasteiger partial charge in [0.25, 0.3) is 0 Å². The Labute approximate surface area is 208 Å². The Kier molecular flexibility index (Phi) is 6.36. The lowest BCUT2D eigenvalue weighted by molar-refractivity contribution is -0.135. The Morgan fingerprint density at radius 1 is 1.09 bits per heavy atom. The molecule has 2 aromatic rings. The highest BCUT2D eigenvalue weighted by atomic mass is 16.5. The first kappa shape index (κ1) is 23.9. The van der Waals surface area contributed by atoms with Crippen molar-refractivity contribution in [1.82, 2.24) is 20.2 Å². The molecule has 2 atom stereocenters. The lowest BCUT2D eigenvalue weighted by Gasteiger charge is -2.53. The predicted octanol–water partition coefficient (Wildman–Crippen LogP) is 5.00. The first-order valence-corrected chi connectivity index (χ1v) is 13.1. The van der Waals surface area contributed by atoms with Crippen molar-refractivity contribution in [3.8, 4) is 0 Å². The first-order valence-electron chi connectivity index (χ1n) is 13.1. The summed E-state index contributed by atoms with van der Waals surface area (Å²) >= 11 is 0. The van der Waals surface area contributed by atoms with Crippen LogP contribution >= 0.6 is 0 Å². The summed E-state index contributed by atoms with van der Waals surface area (Å²) in [7, 11) is 1.32. The Bertz CT molecular complexity index is 1040. The number of likely N-dealkylation sites (tertiary alicyclic amines) is 1. The zero-order valence-corrected chi connectivity index (χ0v) is 21.2.